The summed E-state index contributed by atoms with van der Waals surface area (Å²) in [6.45, 7) is 9.54. The van der Waals surface area contributed by atoms with Crippen molar-refractivity contribution in [1.29, 1.82) is 0 Å². The van der Waals surface area contributed by atoms with Gasteiger partial charge >= 0.3 is 0 Å². The third-order valence-corrected chi connectivity index (χ3v) is 3.81. The maximum absolute atomic E-state index is 3.31. The highest BCUT2D eigenvalue weighted by Crippen LogP contribution is 2.29. The summed E-state index contributed by atoms with van der Waals surface area (Å²) >= 11 is 0. The second-order valence-corrected chi connectivity index (χ2v) is 6.02. The maximum Gasteiger partial charge on any atom is 0.0154 e. The Balaban J connectivity index is 2.47. The van der Waals surface area contributed by atoms with Gasteiger partial charge in [-0.05, 0) is 60.3 Å². The van der Waals surface area contributed by atoms with E-state index in [1.807, 2.05) is 0 Å². The molecular weight excluding hydrogens is 198 g/mol. The van der Waals surface area contributed by atoms with E-state index in [1.54, 1.807) is 0 Å². The Morgan fingerprint density at radius 1 is 1.38 bits per heavy atom. The quantitative estimate of drug-likeness (QED) is 0.763. The van der Waals surface area contributed by atoms with Crippen LogP contribution in [0.3, 0.4) is 0 Å². The molecule has 1 N–H and O–H groups in total. The number of nitrogens with zero attached hydrogens (tertiary/aromatic N) is 2. The van der Waals surface area contributed by atoms with E-state index in [-0.39, 0.29) is 0 Å². The zero-order valence-corrected chi connectivity index (χ0v) is 11.7. The van der Waals surface area contributed by atoms with E-state index in [4.69, 9.17) is 0 Å². The molecule has 0 aromatic carbocycles. The third-order valence-electron chi connectivity index (χ3n) is 3.81. The Labute approximate surface area is 101 Å². The molecule has 0 bridgehead atoms. The molecule has 0 aromatic rings. The summed E-state index contributed by atoms with van der Waals surface area (Å²) in [5, 5.41) is 3.31. The number of likely N-dealkylation sites (N-methyl/N-ethyl adjacent to an activating group) is 1. The average Bonchev–Trinajstić information content (AvgIpc) is 2.19. The largest absolute Gasteiger partial charge is 0.319 e. The molecule has 1 fully saturated rings. The van der Waals surface area contributed by atoms with E-state index >= 15 is 0 Å². The summed E-state index contributed by atoms with van der Waals surface area (Å²) in [5.74, 6) is 0.834. The number of hydrogen-bond donors (Lipinski definition) is 1. The van der Waals surface area contributed by atoms with Crippen LogP contribution >= 0.6 is 0 Å². The van der Waals surface area contributed by atoms with Gasteiger partial charge in [-0.25, -0.2) is 0 Å². The lowest BCUT2D eigenvalue weighted by Crippen LogP contribution is -2.53. The molecule has 16 heavy (non-hydrogen) atoms. The van der Waals surface area contributed by atoms with Crippen molar-refractivity contribution in [3.63, 3.8) is 0 Å². The number of hydrogen-bond acceptors (Lipinski definition) is 3. The molecule has 1 aliphatic rings. The van der Waals surface area contributed by atoms with E-state index < -0.39 is 0 Å². The van der Waals surface area contributed by atoms with E-state index in [0.717, 1.165) is 19.0 Å². The van der Waals surface area contributed by atoms with Crippen LogP contribution in [0.1, 0.15) is 26.7 Å². The van der Waals surface area contributed by atoms with E-state index in [0.29, 0.717) is 5.54 Å². The van der Waals surface area contributed by atoms with Crippen LogP contribution in [-0.4, -0.2) is 62.7 Å². The van der Waals surface area contributed by atoms with E-state index in [1.165, 1.54) is 25.9 Å². The van der Waals surface area contributed by atoms with Crippen LogP contribution in [0.15, 0.2) is 0 Å². The maximum atomic E-state index is 3.31. The molecule has 0 saturated carbocycles. The third kappa shape index (κ3) is 4.04. The lowest BCUT2D eigenvalue weighted by molar-refractivity contribution is 0.0407. The van der Waals surface area contributed by atoms with Crippen LogP contribution in [0.5, 0.6) is 0 Å². The molecule has 3 nitrogen and oxygen atoms in total. The minimum absolute atomic E-state index is 0.389. The zero-order valence-electron chi connectivity index (χ0n) is 11.7. The minimum atomic E-state index is 0.389. The lowest BCUT2D eigenvalue weighted by Gasteiger charge is -2.46. The number of nitrogens with one attached hydrogen (secondary N) is 1. The summed E-state index contributed by atoms with van der Waals surface area (Å²) < 4.78 is 0. The van der Waals surface area contributed by atoms with Gasteiger partial charge in [-0.2, -0.15) is 0 Å². The fraction of sp³-hybridized carbons (Fsp3) is 1.00. The lowest BCUT2D eigenvalue weighted by atomic mass is 9.84. The first kappa shape index (κ1) is 13.9. The molecule has 1 atom stereocenters. The van der Waals surface area contributed by atoms with Gasteiger partial charge < -0.3 is 10.2 Å². The molecule has 0 amide bonds. The first-order valence-corrected chi connectivity index (χ1v) is 6.50. The van der Waals surface area contributed by atoms with Crippen molar-refractivity contribution in [3.8, 4) is 0 Å². The van der Waals surface area contributed by atoms with Gasteiger partial charge in [-0.15, -0.1) is 0 Å². The Bertz CT molecular complexity index is 201. The monoisotopic (exact) mass is 227 g/mol. The molecule has 0 spiro atoms. The molecule has 1 aliphatic heterocycles. The normalized spacial score (nSPS) is 26.2. The highest BCUT2D eigenvalue weighted by molar-refractivity contribution is 4.89. The first-order valence-electron chi connectivity index (χ1n) is 6.50. The van der Waals surface area contributed by atoms with Gasteiger partial charge in [0.1, 0.15) is 0 Å². The van der Waals surface area contributed by atoms with Gasteiger partial charge in [0.05, 0.1) is 0 Å². The van der Waals surface area contributed by atoms with Gasteiger partial charge in [0.2, 0.25) is 0 Å². The Morgan fingerprint density at radius 2 is 2.06 bits per heavy atom. The van der Waals surface area contributed by atoms with Gasteiger partial charge in [0, 0.05) is 25.2 Å². The fourth-order valence-electron chi connectivity index (χ4n) is 2.54. The molecule has 1 heterocycles. The highest BCUT2D eigenvalue weighted by atomic mass is 15.2. The van der Waals surface area contributed by atoms with Gasteiger partial charge in [0.15, 0.2) is 0 Å². The van der Waals surface area contributed by atoms with Crippen LogP contribution < -0.4 is 5.32 Å². The predicted molar refractivity (Wildman–Crippen MR) is 70.9 cm³/mol. The van der Waals surface area contributed by atoms with Crippen molar-refractivity contribution in [2.75, 3.05) is 47.3 Å². The standard InChI is InChI=1S/C13H29N3/c1-13(2)7-6-12(10-14-3)11-16(13)9-8-15(4)5/h12,14H,6-11H2,1-5H3. The average molecular weight is 227 g/mol. The van der Waals surface area contributed by atoms with Crippen molar-refractivity contribution in [2.24, 2.45) is 5.92 Å². The number of rotatable bonds is 5. The van der Waals surface area contributed by atoms with Gasteiger partial charge in [0.25, 0.3) is 0 Å². The Hall–Kier alpha value is -0.120. The summed E-state index contributed by atoms with van der Waals surface area (Å²) in [5.41, 5.74) is 0.389. The molecule has 1 unspecified atom stereocenters. The van der Waals surface area contributed by atoms with E-state index in [2.05, 4.69) is 50.1 Å². The summed E-state index contributed by atoms with van der Waals surface area (Å²) in [7, 11) is 6.37. The van der Waals surface area contributed by atoms with Crippen molar-refractivity contribution in [3.05, 3.63) is 0 Å². The summed E-state index contributed by atoms with van der Waals surface area (Å²) in [6.07, 6.45) is 2.69. The minimum Gasteiger partial charge on any atom is -0.319 e. The Morgan fingerprint density at radius 3 is 2.62 bits per heavy atom. The molecule has 3 heteroatoms. The topological polar surface area (TPSA) is 18.5 Å². The number of piperidine rings is 1. The zero-order chi connectivity index (χ0) is 12.2. The van der Waals surface area contributed by atoms with Crippen molar-refractivity contribution in [1.82, 2.24) is 15.1 Å². The molecular formula is C13H29N3. The second-order valence-electron chi connectivity index (χ2n) is 6.02. The second kappa shape index (κ2) is 5.99. The van der Waals surface area contributed by atoms with E-state index in [9.17, 15) is 0 Å². The summed E-state index contributed by atoms with van der Waals surface area (Å²) in [4.78, 5) is 4.94. The van der Waals surface area contributed by atoms with Crippen molar-refractivity contribution in [2.45, 2.75) is 32.2 Å². The highest BCUT2D eigenvalue weighted by Gasteiger charge is 2.33. The van der Waals surface area contributed by atoms with Gasteiger partial charge in [-0.3, -0.25) is 4.90 Å². The molecule has 0 aliphatic carbocycles. The predicted octanol–water partition coefficient (Wildman–Crippen LogP) is 1.26. The van der Waals surface area contributed by atoms with Crippen LogP contribution in [-0.2, 0) is 0 Å². The van der Waals surface area contributed by atoms with Crippen molar-refractivity contribution >= 4 is 0 Å². The smallest absolute Gasteiger partial charge is 0.0154 e. The fourth-order valence-corrected chi connectivity index (χ4v) is 2.54. The molecule has 0 radical (unpaired) electrons. The molecule has 0 aromatic heterocycles. The summed E-state index contributed by atoms with van der Waals surface area (Å²) in [6, 6.07) is 0. The van der Waals surface area contributed by atoms with Crippen LogP contribution in [0.4, 0.5) is 0 Å². The van der Waals surface area contributed by atoms with Crippen molar-refractivity contribution < 1.29 is 0 Å². The number of likely N-dealkylation sites (tertiary alicyclic amines) is 1. The SMILES string of the molecule is CNCC1CCC(C)(C)N(CCN(C)C)C1. The molecule has 1 rings (SSSR count). The van der Waals surface area contributed by atoms with Crippen LogP contribution in [0, 0.1) is 5.92 Å². The van der Waals surface area contributed by atoms with Crippen LogP contribution in [0.25, 0.3) is 0 Å². The van der Waals surface area contributed by atoms with Crippen LogP contribution in [0.2, 0.25) is 0 Å². The Kier molecular flexibility index (Phi) is 5.22. The van der Waals surface area contributed by atoms with Gasteiger partial charge in [-0.1, -0.05) is 0 Å². The first-order chi connectivity index (χ1) is 7.45. The molecule has 96 valence electrons. The molecule has 1 saturated heterocycles.